The van der Waals surface area contributed by atoms with Crippen LogP contribution in [0.2, 0.25) is 0 Å². The Hall–Kier alpha value is -3.98. The van der Waals surface area contributed by atoms with E-state index in [1.165, 1.54) is 28.9 Å². The maximum Gasteiger partial charge on any atom is 0.283 e. The van der Waals surface area contributed by atoms with Gasteiger partial charge in [-0.2, -0.15) is 15.1 Å². The van der Waals surface area contributed by atoms with E-state index in [1.54, 1.807) is 25.3 Å². The molecule has 1 aromatic heterocycles. The van der Waals surface area contributed by atoms with Crippen LogP contribution in [0.1, 0.15) is 22.5 Å². The summed E-state index contributed by atoms with van der Waals surface area (Å²) >= 11 is 1.18. The Morgan fingerprint density at radius 1 is 1.12 bits per heavy atom. The van der Waals surface area contributed by atoms with Gasteiger partial charge in [0.2, 0.25) is 5.17 Å². The minimum atomic E-state index is -0.495. The van der Waals surface area contributed by atoms with Gasteiger partial charge >= 0.3 is 0 Å². The molecule has 34 heavy (non-hydrogen) atoms. The largest absolute Gasteiger partial charge is 0.497 e. The molecule has 3 heterocycles. The number of aryl methyl sites for hydroxylation is 1. The molecule has 0 radical (unpaired) electrons. The Morgan fingerprint density at radius 3 is 2.62 bits per heavy atom. The molecule has 1 amide bonds. The van der Waals surface area contributed by atoms with E-state index in [4.69, 9.17) is 10.1 Å². The fraction of sp³-hybridized carbons (Fsp3) is 0.120. The first-order valence-electron chi connectivity index (χ1n) is 10.5. The van der Waals surface area contributed by atoms with Crippen LogP contribution >= 0.6 is 11.8 Å². The van der Waals surface area contributed by atoms with Gasteiger partial charge in [0.05, 0.1) is 12.7 Å². The topological polar surface area (TPSA) is 83.0 Å². The number of amides is 1. The number of aromatic nitrogens is 1. The minimum Gasteiger partial charge on any atom is -0.497 e. The van der Waals surface area contributed by atoms with Crippen LogP contribution in [0, 0.1) is 25.1 Å². The third-order valence-corrected chi connectivity index (χ3v) is 6.58. The van der Waals surface area contributed by atoms with Gasteiger partial charge in [0.1, 0.15) is 16.6 Å². The van der Waals surface area contributed by atoms with Crippen molar-refractivity contribution in [1.29, 1.82) is 5.41 Å². The number of hydrogen-bond donors (Lipinski definition) is 1. The maximum atomic E-state index is 13.3. The molecule has 0 spiro atoms. The van der Waals surface area contributed by atoms with Crippen LogP contribution in [-0.4, -0.2) is 38.6 Å². The van der Waals surface area contributed by atoms with Crippen LogP contribution in [0.15, 0.2) is 70.3 Å². The monoisotopic (exact) mass is 473 g/mol. The van der Waals surface area contributed by atoms with Crippen molar-refractivity contribution in [2.24, 2.45) is 10.1 Å². The zero-order valence-corrected chi connectivity index (χ0v) is 19.5. The summed E-state index contributed by atoms with van der Waals surface area (Å²) in [5.74, 6) is -0.143. The number of nitrogens with zero attached hydrogens (tertiary/aromatic N) is 4. The Labute approximate surface area is 199 Å². The number of carbonyl (C=O) groups excluding carboxylic acids is 1. The number of fused-ring (bicyclic) bond motifs is 1. The predicted octanol–water partition coefficient (Wildman–Crippen LogP) is 4.91. The van der Waals surface area contributed by atoms with E-state index >= 15 is 0 Å². The Bertz CT molecular complexity index is 1440. The Balaban J connectivity index is 1.50. The van der Waals surface area contributed by atoms with Crippen molar-refractivity contribution in [2.45, 2.75) is 13.8 Å². The van der Waals surface area contributed by atoms with Crippen LogP contribution in [0.25, 0.3) is 11.8 Å². The summed E-state index contributed by atoms with van der Waals surface area (Å²) in [5, 5.41) is 15.3. The van der Waals surface area contributed by atoms with Crippen LogP contribution in [-0.2, 0) is 4.79 Å². The van der Waals surface area contributed by atoms with Crippen LogP contribution in [0.3, 0.4) is 0 Å². The number of aliphatic imine (C=N–C) groups is 1. The smallest absolute Gasteiger partial charge is 0.283 e. The zero-order valence-electron chi connectivity index (χ0n) is 18.7. The average Bonchev–Trinajstić information content (AvgIpc) is 3.37. The van der Waals surface area contributed by atoms with Crippen LogP contribution < -0.4 is 4.74 Å². The fourth-order valence-electron chi connectivity index (χ4n) is 3.94. The van der Waals surface area contributed by atoms with E-state index in [9.17, 15) is 9.18 Å². The SMILES string of the molecule is COc1cccc(-n2c(C)cc(C=C3C(=N)N4N=C(c5ccc(F)cc5)SC4=NC3=O)c2C)c1. The lowest BCUT2D eigenvalue weighted by Gasteiger charge is -2.20. The summed E-state index contributed by atoms with van der Waals surface area (Å²) < 4.78 is 20.7. The number of amidine groups is 2. The lowest BCUT2D eigenvalue weighted by molar-refractivity contribution is -0.114. The van der Waals surface area contributed by atoms with Crippen molar-refractivity contribution in [2.75, 3.05) is 7.11 Å². The highest BCUT2D eigenvalue weighted by Crippen LogP contribution is 2.32. The number of nitrogens with one attached hydrogen (secondary N) is 1. The molecule has 3 aromatic rings. The highest BCUT2D eigenvalue weighted by atomic mass is 32.2. The van der Waals surface area contributed by atoms with Crippen molar-refractivity contribution in [3.05, 3.63) is 88.5 Å². The lowest BCUT2D eigenvalue weighted by atomic mass is 10.1. The van der Waals surface area contributed by atoms with Gasteiger partial charge in [-0.25, -0.2) is 4.39 Å². The molecule has 0 aliphatic carbocycles. The summed E-state index contributed by atoms with van der Waals surface area (Å²) in [6.45, 7) is 3.94. The molecule has 0 bridgehead atoms. The number of methoxy groups -OCH3 is 1. The quantitative estimate of drug-likeness (QED) is 0.546. The molecule has 0 atom stereocenters. The highest BCUT2D eigenvalue weighted by molar-refractivity contribution is 8.27. The van der Waals surface area contributed by atoms with Crippen molar-refractivity contribution in [1.82, 2.24) is 9.58 Å². The van der Waals surface area contributed by atoms with Gasteiger partial charge in [-0.15, -0.1) is 0 Å². The average molecular weight is 474 g/mol. The molecular formula is C25H20FN5O2S. The van der Waals surface area contributed by atoms with Crippen molar-refractivity contribution < 1.29 is 13.9 Å². The van der Waals surface area contributed by atoms with Crippen LogP contribution in [0.5, 0.6) is 5.75 Å². The van der Waals surface area contributed by atoms with Gasteiger partial charge in [0, 0.05) is 28.7 Å². The Morgan fingerprint density at radius 2 is 1.88 bits per heavy atom. The molecule has 9 heteroatoms. The summed E-state index contributed by atoms with van der Waals surface area (Å²) in [7, 11) is 1.63. The zero-order chi connectivity index (χ0) is 24.0. The summed E-state index contributed by atoms with van der Waals surface area (Å²) in [6, 6.07) is 15.6. The first kappa shape index (κ1) is 21.8. The molecule has 2 aliphatic heterocycles. The number of rotatable bonds is 4. The first-order chi connectivity index (χ1) is 16.4. The molecule has 0 saturated heterocycles. The number of hydrogen-bond acceptors (Lipinski definition) is 5. The molecule has 7 nitrogen and oxygen atoms in total. The number of carbonyl (C=O) groups is 1. The summed E-state index contributed by atoms with van der Waals surface area (Å²) in [4.78, 5) is 17.0. The van der Waals surface area contributed by atoms with Crippen LogP contribution in [0.4, 0.5) is 4.39 Å². The van der Waals surface area contributed by atoms with Gasteiger partial charge in [-0.3, -0.25) is 10.2 Å². The van der Waals surface area contributed by atoms with Gasteiger partial charge in [0.25, 0.3) is 5.91 Å². The van der Waals surface area contributed by atoms with Crippen molar-refractivity contribution in [3.8, 4) is 11.4 Å². The number of thioether (sulfide) groups is 1. The second kappa shape index (κ2) is 8.42. The maximum absolute atomic E-state index is 13.3. The van der Waals surface area contributed by atoms with Gasteiger partial charge in [-0.1, -0.05) is 6.07 Å². The molecule has 170 valence electrons. The van der Waals surface area contributed by atoms with E-state index < -0.39 is 5.91 Å². The molecule has 1 N–H and O–H groups in total. The first-order valence-corrected chi connectivity index (χ1v) is 11.3. The van der Waals surface area contributed by atoms with Gasteiger partial charge < -0.3 is 9.30 Å². The van der Waals surface area contributed by atoms with Gasteiger partial charge in [-0.05, 0) is 79.7 Å². The van der Waals surface area contributed by atoms with E-state index in [0.717, 1.165) is 28.4 Å². The van der Waals surface area contributed by atoms with E-state index in [1.807, 2.05) is 44.2 Å². The second-order valence-electron chi connectivity index (χ2n) is 7.80. The molecule has 0 fully saturated rings. The summed E-state index contributed by atoms with van der Waals surface area (Å²) in [6.07, 6.45) is 1.68. The fourth-order valence-corrected chi connectivity index (χ4v) is 4.83. The van der Waals surface area contributed by atoms with E-state index in [-0.39, 0.29) is 17.2 Å². The molecule has 0 unspecified atom stereocenters. The lowest BCUT2D eigenvalue weighted by Crippen LogP contribution is -2.35. The molecule has 0 saturated carbocycles. The number of hydrazone groups is 1. The summed E-state index contributed by atoms with van der Waals surface area (Å²) in [5.41, 5.74) is 4.48. The predicted molar refractivity (Wildman–Crippen MR) is 132 cm³/mol. The normalized spacial score (nSPS) is 16.6. The van der Waals surface area contributed by atoms with E-state index in [0.29, 0.717) is 15.8 Å². The number of benzene rings is 2. The molecule has 2 aromatic carbocycles. The third-order valence-electron chi connectivity index (χ3n) is 5.63. The van der Waals surface area contributed by atoms with Crippen molar-refractivity contribution >= 4 is 39.8 Å². The highest BCUT2D eigenvalue weighted by Gasteiger charge is 2.36. The van der Waals surface area contributed by atoms with E-state index in [2.05, 4.69) is 14.7 Å². The molecule has 2 aliphatic rings. The Kier molecular flexibility index (Phi) is 5.41. The molecular weight excluding hydrogens is 453 g/mol. The van der Waals surface area contributed by atoms with Gasteiger partial charge in [0.15, 0.2) is 5.84 Å². The minimum absolute atomic E-state index is 0.0502. The third kappa shape index (κ3) is 3.73. The van der Waals surface area contributed by atoms with Crippen molar-refractivity contribution in [3.63, 3.8) is 0 Å². The standard InChI is InChI=1S/C25H20FN5O2S/c1-14-11-17(15(2)30(14)19-5-4-6-20(13-19)33-3)12-21-22(27)31-25(28-23(21)32)34-24(29-31)16-7-9-18(26)10-8-16/h4-13,27H,1-3H3. The number of ether oxygens (including phenoxy) is 1. The number of halogens is 1. The molecule has 5 rings (SSSR count). The second-order valence-corrected chi connectivity index (χ2v) is 8.75.